The largest absolute Gasteiger partial charge is 0.436 e. The summed E-state index contributed by atoms with van der Waals surface area (Å²) in [5, 5.41) is 0. The Bertz CT molecular complexity index is 1230. The van der Waals surface area contributed by atoms with Gasteiger partial charge < -0.3 is 9.64 Å². The molecule has 0 radical (unpaired) electrons. The lowest BCUT2D eigenvalue weighted by Gasteiger charge is -2.38. The Kier molecular flexibility index (Phi) is 7.19. The van der Waals surface area contributed by atoms with Gasteiger partial charge in [-0.15, -0.1) is 0 Å². The average molecular weight is 501 g/mol. The second-order valence-corrected chi connectivity index (χ2v) is 9.64. The molecular weight excluding hydrogens is 470 g/mol. The van der Waals surface area contributed by atoms with Crippen molar-refractivity contribution in [3.8, 4) is 0 Å². The van der Waals surface area contributed by atoms with Crippen LogP contribution in [-0.2, 0) is 11.3 Å². The molecule has 0 aliphatic carbocycles. The number of piperidine rings is 1. The molecule has 2 saturated heterocycles. The van der Waals surface area contributed by atoms with Crippen molar-refractivity contribution < 1.29 is 18.3 Å². The molecule has 0 atom stereocenters. The Balaban J connectivity index is 1.22. The molecule has 2 aliphatic rings. The fraction of sp³-hybridized carbons (Fsp3) is 0.258. The van der Waals surface area contributed by atoms with Gasteiger partial charge >= 0.3 is 6.09 Å². The van der Waals surface area contributed by atoms with Gasteiger partial charge in [0.2, 0.25) is 0 Å². The van der Waals surface area contributed by atoms with E-state index in [9.17, 15) is 13.6 Å². The third kappa shape index (κ3) is 5.49. The van der Waals surface area contributed by atoms with E-state index in [4.69, 9.17) is 4.74 Å². The van der Waals surface area contributed by atoms with Gasteiger partial charge in [0.25, 0.3) is 0 Å². The molecule has 0 N–H and O–H groups in total. The van der Waals surface area contributed by atoms with Crippen molar-refractivity contribution in [1.29, 1.82) is 0 Å². The quantitative estimate of drug-likeness (QED) is 0.358. The molecule has 6 heteroatoms. The van der Waals surface area contributed by atoms with Gasteiger partial charge in [0.1, 0.15) is 11.6 Å². The summed E-state index contributed by atoms with van der Waals surface area (Å²) in [5.41, 5.74) is 3.88. The molecule has 0 saturated carbocycles. The van der Waals surface area contributed by atoms with Crippen LogP contribution in [0.5, 0.6) is 0 Å². The number of halogens is 2. The predicted octanol–water partition coefficient (Wildman–Crippen LogP) is 6.79. The summed E-state index contributed by atoms with van der Waals surface area (Å²) in [7, 11) is 0. The molecule has 4 nitrogen and oxygen atoms in total. The zero-order valence-electron chi connectivity index (χ0n) is 20.7. The Hall–Kier alpha value is -3.77. The topological polar surface area (TPSA) is 32.8 Å². The molecule has 0 bridgehead atoms. The number of carbonyl (C=O) groups is 1. The van der Waals surface area contributed by atoms with Gasteiger partial charge in [-0.1, -0.05) is 67.3 Å². The van der Waals surface area contributed by atoms with Crippen molar-refractivity contribution in [2.75, 3.05) is 19.6 Å². The van der Waals surface area contributed by atoms with E-state index in [0.29, 0.717) is 19.4 Å². The predicted molar refractivity (Wildman–Crippen MR) is 141 cm³/mol. The lowest BCUT2D eigenvalue weighted by atomic mass is 9.88. The number of rotatable bonds is 7. The highest BCUT2D eigenvalue weighted by atomic mass is 19.1. The van der Waals surface area contributed by atoms with Gasteiger partial charge in [-0.25, -0.2) is 13.6 Å². The molecule has 1 spiro atoms. The second-order valence-electron chi connectivity index (χ2n) is 9.64. The van der Waals surface area contributed by atoms with E-state index in [2.05, 4.69) is 17.6 Å². The fourth-order valence-corrected chi connectivity index (χ4v) is 5.14. The highest BCUT2D eigenvalue weighted by Crippen LogP contribution is 2.41. The van der Waals surface area contributed by atoms with E-state index in [0.717, 1.165) is 54.0 Å². The number of benzene rings is 3. The van der Waals surface area contributed by atoms with Crippen molar-refractivity contribution in [1.82, 2.24) is 9.80 Å². The molecule has 2 fully saturated rings. The van der Waals surface area contributed by atoms with Gasteiger partial charge in [-0.05, 0) is 52.9 Å². The van der Waals surface area contributed by atoms with Gasteiger partial charge in [-0.3, -0.25) is 4.90 Å². The lowest BCUT2D eigenvalue weighted by molar-refractivity contribution is 0.0151. The Labute approximate surface area is 216 Å². The molecule has 37 heavy (non-hydrogen) atoms. The minimum Gasteiger partial charge on any atom is -0.436 e. The molecule has 1 amide bonds. The fourth-order valence-electron chi connectivity index (χ4n) is 5.14. The molecule has 5 rings (SSSR count). The van der Waals surface area contributed by atoms with Gasteiger partial charge in [0.05, 0.1) is 12.2 Å². The minimum atomic E-state index is -0.633. The standard InChI is InChI=1S/C31H30F2N2O2/c1-23-31(37-30(36)35(23)22-24-6-3-2-4-7-24)17-20-34(21-18-31)19-5-8-29(25-9-13-27(32)14-10-25)26-11-15-28(33)16-12-26/h2-4,6-16H,1,5,17-22H2. The molecule has 3 aromatic rings. The normalized spacial score (nSPS) is 17.2. The average Bonchev–Trinajstić information content (AvgIpc) is 3.13. The van der Waals surface area contributed by atoms with Gasteiger partial charge in [0, 0.05) is 32.5 Å². The van der Waals surface area contributed by atoms with Crippen LogP contribution >= 0.6 is 0 Å². The van der Waals surface area contributed by atoms with Gasteiger partial charge in [0.15, 0.2) is 5.60 Å². The van der Waals surface area contributed by atoms with Crippen LogP contribution in [0.3, 0.4) is 0 Å². The maximum absolute atomic E-state index is 13.5. The number of nitrogens with zero attached hydrogens (tertiary/aromatic N) is 2. The Morgan fingerprint density at radius 2 is 1.46 bits per heavy atom. The summed E-state index contributed by atoms with van der Waals surface area (Å²) >= 11 is 0. The maximum atomic E-state index is 13.5. The first-order chi connectivity index (χ1) is 17.9. The summed E-state index contributed by atoms with van der Waals surface area (Å²) in [5.74, 6) is -0.582. The summed E-state index contributed by atoms with van der Waals surface area (Å²) in [6.45, 7) is 7.13. The Morgan fingerprint density at radius 3 is 2.03 bits per heavy atom. The van der Waals surface area contributed by atoms with Crippen LogP contribution in [0.15, 0.2) is 97.2 Å². The second kappa shape index (κ2) is 10.7. The van der Waals surface area contributed by atoms with Crippen LogP contribution in [-0.4, -0.2) is 41.1 Å². The summed E-state index contributed by atoms with van der Waals surface area (Å²) in [6.07, 6.45) is 3.98. The zero-order chi connectivity index (χ0) is 25.8. The van der Waals surface area contributed by atoms with E-state index in [1.165, 1.54) is 24.3 Å². The van der Waals surface area contributed by atoms with Crippen LogP contribution in [0, 0.1) is 11.6 Å². The van der Waals surface area contributed by atoms with Crippen LogP contribution in [0.25, 0.3) is 5.57 Å². The third-order valence-electron chi connectivity index (χ3n) is 7.31. The Morgan fingerprint density at radius 1 is 0.892 bits per heavy atom. The number of hydrogen-bond acceptors (Lipinski definition) is 3. The number of likely N-dealkylation sites (tertiary alicyclic amines) is 1. The smallest absolute Gasteiger partial charge is 0.415 e. The molecular formula is C31H30F2N2O2. The molecule has 0 unspecified atom stereocenters. The van der Waals surface area contributed by atoms with E-state index in [1.54, 1.807) is 29.2 Å². The molecule has 190 valence electrons. The van der Waals surface area contributed by atoms with Crippen molar-refractivity contribution in [3.63, 3.8) is 0 Å². The first-order valence-electron chi connectivity index (χ1n) is 12.6. The maximum Gasteiger partial charge on any atom is 0.415 e. The van der Waals surface area contributed by atoms with Crippen LogP contribution < -0.4 is 0 Å². The van der Waals surface area contributed by atoms with Crippen LogP contribution in [0.1, 0.15) is 36.0 Å². The number of ether oxygens (including phenoxy) is 1. The minimum absolute atomic E-state index is 0.291. The van der Waals surface area contributed by atoms with E-state index in [-0.39, 0.29) is 17.7 Å². The van der Waals surface area contributed by atoms with Crippen molar-refractivity contribution >= 4 is 11.7 Å². The first kappa shape index (κ1) is 24.9. The van der Waals surface area contributed by atoms with Crippen molar-refractivity contribution in [2.24, 2.45) is 0 Å². The lowest BCUT2D eigenvalue weighted by Crippen LogP contribution is -2.45. The monoisotopic (exact) mass is 500 g/mol. The third-order valence-corrected chi connectivity index (χ3v) is 7.31. The van der Waals surface area contributed by atoms with E-state index in [1.807, 2.05) is 30.3 Å². The highest BCUT2D eigenvalue weighted by molar-refractivity contribution is 5.79. The van der Waals surface area contributed by atoms with Crippen molar-refractivity contribution in [2.45, 2.75) is 31.4 Å². The number of carbonyl (C=O) groups excluding carboxylic acids is 1. The molecule has 3 aromatic carbocycles. The summed E-state index contributed by atoms with van der Waals surface area (Å²) < 4.78 is 32.9. The first-order valence-corrected chi connectivity index (χ1v) is 12.6. The summed E-state index contributed by atoms with van der Waals surface area (Å²) in [4.78, 5) is 16.7. The van der Waals surface area contributed by atoms with E-state index < -0.39 is 5.60 Å². The molecule has 0 aromatic heterocycles. The van der Waals surface area contributed by atoms with Crippen LogP contribution in [0.4, 0.5) is 13.6 Å². The van der Waals surface area contributed by atoms with Crippen LogP contribution in [0.2, 0.25) is 0 Å². The molecule has 2 aliphatic heterocycles. The van der Waals surface area contributed by atoms with Crippen molar-refractivity contribution in [3.05, 3.63) is 126 Å². The van der Waals surface area contributed by atoms with E-state index >= 15 is 0 Å². The number of amides is 1. The number of hydrogen-bond donors (Lipinski definition) is 0. The summed E-state index contributed by atoms with van der Waals surface area (Å²) in [6, 6.07) is 22.6. The SMILES string of the molecule is C=C1N(Cc2ccccc2)C(=O)OC12CCN(CCC=C(c1ccc(F)cc1)c1ccc(F)cc1)CC2. The highest BCUT2D eigenvalue weighted by Gasteiger charge is 2.50. The zero-order valence-corrected chi connectivity index (χ0v) is 20.7. The molecule has 2 heterocycles. The van der Waals surface area contributed by atoms with Gasteiger partial charge in [-0.2, -0.15) is 0 Å².